The number of methoxy groups -OCH3 is 1. The standard InChI is InChI=1S/C11H16ClN3O2/c1-16-10-6-9(13-8-14-10)15-11(7-12)2-4-17-5-3-11/h6,8H,2-5,7H2,1H3,(H,13,14,15). The van der Waals surface area contributed by atoms with Gasteiger partial charge >= 0.3 is 0 Å². The van der Waals surface area contributed by atoms with Gasteiger partial charge in [-0.3, -0.25) is 0 Å². The Labute approximate surface area is 105 Å². The van der Waals surface area contributed by atoms with Gasteiger partial charge in [-0.1, -0.05) is 0 Å². The van der Waals surface area contributed by atoms with Gasteiger partial charge < -0.3 is 14.8 Å². The van der Waals surface area contributed by atoms with Crippen LogP contribution in [0.1, 0.15) is 12.8 Å². The zero-order valence-electron chi connectivity index (χ0n) is 9.78. The lowest BCUT2D eigenvalue weighted by atomic mass is 9.92. The van der Waals surface area contributed by atoms with Crippen LogP contribution in [-0.4, -0.2) is 41.7 Å². The van der Waals surface area contributed by atoms with Crippen molar-refractivity contribution in [2.24, 2.45) is 0 Å². The van der Waals surface area contributed by atoms with E-state index in [9.17, 15) is 0 Å². The molecule has 94 valence electrons. The molecule has 1 N–H and O–H groups in total. The monoisotopic (exact) mass is 257 g/mol. The van der Waals surface area contributed by atoms with Crippen LogP contribution in [0.15, 0.2) is 12.4 Å². The molecule has 0 spiro atoms. The summed E-state index contributed by atoms with van der Waals surface area (Å²) >= 11 is 6.07. The molecule has 1 aliphatic rings. The number of anilines is 1. The summed E-state index contributed by atoms with van der Waals surface area (Å²) < 4.78 is 10.4. The molecule has 0 bridgehead atoms. The number of aromatic nitrogens is 2. The molecular weight excluding hydrogens is 242 g/mol. The SMILES string of the molecule is COc1cc(NC2(CCl)CCOCC2)ncn1. The van der Waals surface area contributed by atoms with Gasteiger partial charge in [-0.05, 0) is 12.8 Å². The van der Waals surface area contributed by atoms with Crippen LogP contribution in [0.25, 0.3) is 0 Å². The highest BCUT2D eigenvalue weighted by molar-refractivity contribution is 6.18. The molecule has 2 rings (SSSR count). The van der Waals surface area contributed by atoms with Gasteiger partial charge in [0.2, 0.25) is 5.88 Å². The molecule has 1 saturated heterocycles. The Hall–Kier alpha value is -1.07. The van der Waals surface area contributed by atoms with Crippen LogP contribution in [0, 0.1) is 0 Å². The zero-order valence-corrected chi connectivity index (χ0v) is 10.5. The summed E-state index contributed by atoms with van der Waals surface area (Å²) in [4.78, 5) is 8.14. The van der Waals surface area contributed by atoms with Crippen LogP contribution in [-0.2, 0) is 4.74 Å². The van der Waals surface area contributed by atoms with Crippen molar-refractivity contribution < 1.29 is 9.47 Å². The second-order valence-electron chi connectivity index (χ2n) is 4.10. The minimum Gasteiger partial charge on any atom is -0.481 e. The van der Waals surface area contributed by atoms with Crippen molar-refractivity contribution in [1.29, 1.82) is 0 Å². The Morgan fingerprint density at radius 2 is 2.24 bits per heavy atom. The molecule has 0 aromatic carbocycles. The van der Waals surface area contributed by atoms with E-state index in [-0.39, 0.29) is 5.54 Å². The zero-order chi connectivity index (χ0) is 12.1. The Kier molecular flexibility index (Phi) is 4.02. The van der Waals surface area contributed by atoms with E-state index in [1.165, 1.54) is 6.33 Å². The van der Waals surface area contributed by atoms with Gasteiger partial charge in [0.25, 0.3) is 0 Å². The number of nitrogens with zero attached hydrogens (tertiary/aromatic N) is 2. The largest absolute Gasteiger partial charge is 0.481 e. The van der Waals surface area contributed by atoms with Crippen molar-refractivity contribution in [2.45, 2.75) is 18.4 Å². The molecule has 5 nitrogen and oxygen atoms in total. The van der Waals surface area contributed by atoms with Crippen molar-refractivity contribution in [2.75, 3.05) is 31.5 Å². The molecule has 1 aromatic heterocycles. The van der Waals surface area contributed by atoms with E-state index in [0.29, 0.717) is 11.8 Å². The third-order valence-corrected chi connectivity index (χ3v) is 3.46. The minimum atomic E-state index is -0.140. The number of ether oxygens (including phenoxy) is 2. The summed E-state index contributed by atoms with van der Waals surface area (Å²) in [5.41, 5.74) is -0.140. The number of rotatable bonds is 4. The van der Waals surface area contributed by atoms with E-state index in [1.54, 1.807) is 13.2 Å². The van der Waals surface area contributed by atoms with Gasteiger partial charge in [0.15, 0.2) is 0 Å². The fraction of sp³-hybridized carbons (Fsp3) is 0.636. The van der Waals surface area contributed by atoms with E-state index in [4.69, 9.17) is 21.1 Å². The molecule has 1 aromatic rings. The molecule has 0 saturated carbocycles. The highest BCUT2D eigenvalue weighted by atomic mass is 35.5. The molecule has 0 radical (unpaired) electrons. The molecule has 2 heterocycles. The predicted molar refractivity (Wildman–Crippen MR) is 65.7 cm³/mol. The van der Waals surface area contributed by atoms with Crippen molar-refractivity contribution in [3.63, 3.8) is 0 Å². The van der Waals surface area contributed by atoms with Crippen molar-refractivity contribution >= 4 is 17.4 Å². The second kappa shape index (κ2) is 5.51. The molecule has 0 amide bonds. The average molecular weight is 258 g/mol. The Balaban J connectivity index is 2.11. The van der Waals surface area contributed by atoms with E-state index in [0.717, 1.165) is 31.9 Å². The first-order valence-corrected chi connectivity index (χ1v) is 6.09. The van der Waals surface area contributed by atoms with Crippen LogP contribution >= 0.6 is 11.6 Å². The smallest absolute Gasteiger partial charge is 0.218 e. The number of halogens is 1. The normalized spacial score (nSPS) is 18.7. The average Bonchev–Trinajstić information content (AvgIpc) is 2.40. The Bertz CT molecular complexity index is 369. The molecule has 0 aliphatic carbocycles. The maximum atomic E-state index is 6.07. The van der Waals surface area contributed by atoms with E-state index >= 15 is 0 Å². The van der Waals surface area contributed by atoms with Gasteiger partial charge in [-0.25, -0.2) is 9.97 Å². The molecule has 17 heavy (non-hydrogen) atoms. The Morgan fingerprint density at radius 1 is 1.47 bits per heavy atom. The van der Waals surface area contributed by atoms with Crippen LogP contribution in [0.4, 0.5) is 5.82 Å². The topological polar surface area (TPSA) is 56.3 Å². The summed E-state index contributed by atoms with van der Waals surface area (Å²) in [6, 6.07) is 1.77. The first-order chi connectivity index (χ1) is 8.28. The van der Waals surface area contributed by atoms with Crippen LogP contribution in [0.2, 0.25) is 0 Å². The first kappa shape index (κ1) is 12.4. The number of hydrogen-bond donors (Lipinski definition) is 1. The summed E-state index contributed by atoms with van der Waals surface area (Å²) in [7, 11) is 1.58. The lowest BCUT2D eigenvalue weighted by Gasteiger charge is -2.36. The van der Waals surface area contributed by atoms with E-state index in [1.807, 2.05) is 0 Å². The van der Waals surface area contributed by atoms with Gasteiger partial charge in [-0.2, -0.15) is 0 Å². The lowest BCUT2D eigenvalue weighted by Crippen LogP contribution is -2.45. The molecule has 1 aliphatic heterocycles. The number of hydrogen-bond acceptors (Lipinski definition) is 5. The van der Waals surface area contributed by atoms with Gasteiger partial charge in [-0.15, -0.1) is 11.6 Å². The fourth-order valence-corrected chi connectivity index (χ4v) is 2.18. The molecular formula is C11H16ClN3O2. The first-order valence-electron chi connectivity index (χ1n) is 5.56. The number of alkyl halides is 1. The van der Waals surface area contributed by atoms with Crippen molar-refractivity contribution in [3.05, 3.63) is 12.4 Å². The molecule has 6 heteroatoms. The summed E-state index contributed by atoms with van der Waals surface area (Å²) in [6.07, 6.45) is 3.23. The Morgan fingerprint density at radius 3 is 2.88 bits per heavy atom. The third-order valence-electron chi connectivity index (χ3n) is 2.95. The van der Waals surface area contributed by atoms with E-state index < -0.39 is 0 Å². The molecule has 1 fully saturated rings. The van der Waals surface area contributed by atoms with Gasteiger partial charge in [0.05, 0.1) is 12.6 Å². The van der Waals surface area contributed by atoms with Crippen LogP contribution < -0.4 is 10.1 Å². The van der Waals surface area contributed by atoms with Gasteiger partial charge in [0.1, 0.15) is 12.1 Å². The highest BCUT2D eigenvalue weighted by Gasteiger charge is 2.32. The lowest BCUT2D eigenvalue weighted by molar-refractivity contribution is 0.0666. The van der Waals surface area contributed by atoms with E-state index in [2.05, 4.69) is 15.3 Å². The maximum absolute atomic E-state index is 6.07. The summed E-state index contributed by atoms with van der Waals surface area (Å²) in [5, 5.41) is 3.38. The molecule has 0 unspecified atom stereocenters. The van der Waals surface area contributed by atoms with Crippen LogP contribution in [0.5, 0.6) is 5.88 Å². The summed E-state index contributed by atoms with van der Waals surface area (Å²) in [6.45, 7) is 1.45. The minimum absolute atomic E-state index is 0.140. The molecule has 0 atom stereocenters. The fourth-order valence-electron chi connectivity index (χ4n) is 1.85. The maximum Gasteiger partial charge on any atom is 0.218 e. The number of nitrogens with one attached hydrogen (secondary N) is 1. The predicted octanol–water partition coefficient (Wildman–Crippen LogP) is 1.69. The third kappa shape index (κ3) is 2.98. The highest BCUT2D eigenvalue weighted by Crippen LogP contribution is 2.27. The second-order valence-corrected chi connectivity index (χ2v) is 4.36. The summed E-state index contributed by atoms with van der Waals surface area (Å²) in [5.74, 6) is 1.81. The van der Waals surface area contributed by atoms with Crippen LogP contribution in [0.3, 0.4) is 0 Å². The quantitative estimate of drug-likeness (QED) is 0.832. The van der Waals surface area contributed by atoms with Crippen molar-refractivity contribution in [3.8, 4) is 5.88 Å². The van der Waals surface area contributed by atoms with Gasteiger partial charge in [0, 0.05) is 25.2 Å². The van der Waals surface area contributed by atoms with Crippen molar-refractivity contribution in [1.82, 2.24) is 9.97 Å².